The molecule has 0 aliphatic heterocycles. The highest BCUT2D eigenvalue weighted by molar-refractivity contribution is 7.71. The molecular formula is C10H20N4OS. The van der Waals surface area contributed by atoms with E-state index in [1.165, 1.54) is 0 Å². The fourth-order valence-corrected chi connectivity index (χ4v) is 1.90. The summed E-state index contributed by atoms with van der Waals surface area (Å²) in [6.07, 6.45) is 0. The molecule has 0 aliphatic carbocycles. The molecule has 1 unspecified atom stereocenters. The zero-order valence-corrected chi connectivity index (χ0v) is 11.3. The number of rotatable bonds is 5. The van der Waals surface area contributed by atoms with Crippen molar-refractivity contribution in [1.29, 1.82) is 0 Å². The van der Waals surface area contributed by atoms with Gasteiger partial charge >= 0.3 is 0 Å². The van der Waals surface area contributed by atoms with Gasteiger partial charge in [0.1, 0.15) is 0 Å². The average molecular weight is 244 g/mol. The Balaban J connectivity index is 2.99. The van der Waals surface area contributed by atoms with Gasteiger partial charge in [-0.3, -0.25) is 4.57 Å². The van der Waals surface area contributed by atoms with E-state index in [4.69, 9.17) is 17.0 Å². The third kappa shape index (κ3) is 2.62. The number of methoxy groups -OCH3 is 1. The van der Waals surface area contributed by atoms with E-state index in [1.807, 2.05) is 11.6 Å². The highest BCUT2D eigenvalue weighted by Gasteiger charge is 2.17. The largest absolute Gasteiger partial charge is 0.383 e. The zero-order valence-electron chi connectivity index (χ0n) is 10.5. The molecule has 1 N–H and O–H groups in total. The summed E-state index contributed by atoms with van der Waals surface area (Å²) in [5.74, 6) is 0.851. The lowest BCUT2D eigenvalue weighted by atomic mass is 10.3. The Labute approximate surface area is 101 Å². The number of hydrogen-bond acceptors (Lipinski definition) is 4. The van der Waals surface area contributed by atoms with Gasteiger partial charge in [-0.15, -0.1) is 5.10 Å². The average Bonchev–Trinajstić information content (AvgIpc) is 2.59. The molecule has 0 aromatic carbocycles. The number of ether oxygens (including phenoxy) is 1. The van der Waals surface area contributed by atoms with E-state index in [0.29, 0.717) is 17.4 Å². The third-order valence-corrected chi connectivity index (χ3v) is 2.87. The van der Waals surface area contributed by atoms with Crippen LogP contribution in [-0.2, 0) is 4.74 Å². The van der Waals surface area contributed by atoms with Crippen molar-refractivity contribution in [1.82, 2.24) is 14.8 Å². The SMILES string of the molecule is COCC(C)N(C)c1n[nH]c(=S)n1C(C)C. The fourth-order valence-electron chi connectivity index (χ4n) is 1.56. The van der Waals surface area contributed by atoms with Gasteiger partial charge in [-0.1, -0.05) is 0 Å². The lowest BCUT2D eigenvalue weighted by molar-refractivity contribution is 0.182. The van der Waals surface area contributed by atoms with Gasteiger partial charge in [-0.05, 0) is 33.0 Å². The van der Waals surface area contributed by atoms with Crippen molar-refractivity contribution in [2.75, 3.05) is 25.7 Å². The molecule has 1 aromatic heterocycles. The molecule has 6 heteroatoms. The van der Waals surface area contributed by atoms with Crippen LogP contribution in [0.2, 0.25) is 0 Å². The summed E-state index contributed by atoms with van der Waals surface area (Å²) >= 11 is 5.21. The van der Waals surface area contributed by atoms with Gasteiger partial charge in [-0.2, -0.15) is 0 Å². The molecule has 0 fully saturated rings. The highest BCUT2D eigenvalue weighted by Crippen LogP contribution is 2.17. The highest BCUT2D eigenvalue weighted by atomic mass is 32.1. The molecule has 0 amide bonds. The maximum absolute atomic E-state index is 5.21. The minimum Gasteiger partial charge on any atom is -0.383 e. The molecule has 0 saturated carbocycles. The number of anilines is 1. The van der Waals surface area contributed by atoms with Crippen LogP contribution < -0.4 is 4.90 Å². The summed E-state index contributed by atoms with van der Waals surface area (Å²) in [5.41, 5.74) is 0. The molecule has 92 valence electrons. The maximum Gasteiger partial charge on any atom is 0.226 e. The Morgan fingerprint density at radius 1 is 1.50 bits per heavy atom. The predicted molar refractivity (Wildman–Crippen MR) is 67.5 cm³/mol. The van der Waals surface area contributed by atoms with E-state index in [9.17, 15) is 0 Å². The minimum atomic E-state index is 0.257. The number of nitrogens with one attached hydrogen (secondary N) is 1. The molecule has 0 saturated heterocycles. The molecule has 1 aromatic rings. The van der Waals surface area contributed by atoms with Gasteiger partial charge in [-0.25, -0.2) is 5.10 Å². The number of likely N-dealkylation sites (N-methyl/N-ethyl adjacent to an activating group) is 1. The van der Waals surface area contributed by atoms with Gasteiger partial charge in [0.2, 0.25) is 5.95 Å². The maximum atomic E-state index is 5.21. The summed E-state index contributed by atoms with van der Waals surface area (Å²) in [6.45, 7) is 6.92. The number of H-pyrrole nitrogens is 1. The Hall–Kier alpha value is -0.880. The van der Waals surface area contributed by atoms with Crippen LogP contribution in [0.4, 0.5) is 5.95 Å². The fraction of sp³-hybridized carbons (Fsp3) is 0.800. The lowest BCUT2D eigenvalue weighted by Crippen LogP contribution is -2.34. The van der Waals surface area contributed by atoms with Crippen LogP contribution in [0.1, 0.15) is 26.8 Å². The molecule has 1 rings (SSSR count). The van der Waals surface area contributed by atoms with Crippen LogP contribution in [0.3, 0.4) is 0 Å². The van der Waals surface area contributed by atoms with Gasteiger partial charge in [0.05, 0.1) is 12.6 Å². The Morgan fingerprint density at radius 2 is 2.12 bits per heavy atom. The number of aromatic nitrogens is 3. The van der Waals surface area contributed by atoms with Gasteiger partial charge in [0.15, 0.2) is 4.77 Å². The standard InChI is InChI=1S/C10H20N4OS/c1-7(2)14-9(11-12-10(14)16)13(4)8(3)6-15-5/h7-8H,6H2,1-5H3,(H,12,16). The number of aromatic amines is 1. The second kappa shape index (κ2) is 5.45. The van der Waals surface area contributed by atoms with Crippen LogP contribution in [-0.4, -0.2) is 41.6 Å². The summed E-state index contributed by atoms with van der Waals surface area (Å²) in [5, 5.41) is 7.09. The number of hydrogen-bond donors (Lipinski definition) is 1. The Morgan fingerprint density at radius 3 is 2.62 bits per heavy atom. The van der Waals surface area contributed by atoms with Crippen LogP contribution in [0, 0.1) is 4.77 Å². The minimum absolute atomic E-state index is 0.257. The second-order valence-electron chi connectivity index (χ2n) is 4.21. The Kier molecular flexibility index (Phi) is 4.49. The van der Waals surface area contributed by atoms with Crippen molar-refractivity contribution in [3.63, 3.8) is 0 Å². The van der Waals surface area contributed by atoms with Crippen molar-refractivity contribution in [3.05, 3.63) is 4.77 Å². The molecule has 1 heterocycles. The zero-order chi connectivity index (χ0) is 12.3. The molecule has 1 atom stereocenters. The first-order valence-corrected chi connectivity index (χ1v) is 5.78. The van der Waals surface area contributed by atoms with E-state index in [0.717, 1.165) is 5.95 Å². The molecule has 0 bridgehead atoms. The first-order valence-electron chi connectivity index (χ1n) is 5.37. The Bertz CT molecular complexity index is 384. The van der Waals surface area contributed by atoms with E-state index in [-0.39, 0.29) is 6.04 Å². The summed E-state index contributed by atoms with van der Waals surface area (Å²) in [4.78, 5) is 2.07. The quantitative estimate of drug-likeness (QED) is 0.805. The van der Waals surface area contributed by atoms with Gasteiger partial charge < -0.3 is 9.64 Å². The number of nitrogens with zero attached hydrogens (tertiary/aromatic N) is 3. The summed E-state index contributed by atoms with van der Waals surface area (Å²) in [7, 11) is 3.69. The smallest absolute Gasteiger partial charge is 0.226 e. The van der Waals surface area contributed by atoms with Gasteiger partial charge in [0.25, 0.3) is 0 Å². The first-order chi connectivity index (χ1) is 7.49. The second-order valence-corrected chi connectivity index (χ2v) is 4.59. The van der Waals surface area contributed by atoms with E-state index in [2.05, 4.69) is 35.9 Å². The third-order valence-electron chi connectivity index (χ3n) is 2.59. The van der Waals surface area contributed by atoms with Crippen molar-refractivity contribution in [2.45, 2.75) is 32.9 Å². The normalized spacial score (nSPS) is 13.1. The van der Waals surface area contributed by atoms with Crippen LogP contribution in [0.5, 0.6) is 0 Å². The van der Waals surface area contributed by atoms with E-state index >= 15 is 0 Å². The molecular weight excluding hydrogens is 224 g/mol. The van der Waals surface area contributed by atoms with E-state index in [1.54, 1.807) is 7.11 Å². The molecule has 5 nitrogen and oxygen atoms in total. The van der Waals surface area contributed by atoms with Gasteiger partial charge in [0, 0.05) is 20.2 Å². The summed E-state index contributed by atoms with van der Waals surface area (Å²) < 4.78 is 7.79. The van der Waals surface area contributed by atoms with Crippen molar-refractivity contribution >= 4 is 18.2 Å². The molecule has 16 heavy (non-hydrogen) atoms. The molecule has 0 spiro atoms. The van der Waals surface area contributed by atoms with Crippen molar-refractivity contribution in [2.24, 2.45) is 0 Å². The monoisotopic (exact) mass is 244 g/mol. The first kappa shape index (κ1) is 13.2. The summed E-state index contributed by atoms with van der Waals surface area (Å²) in [6, 6.07) is 0.547. The van der Waals surface area contributed by atoms with E-state index < -0.39 is 0 Å². The topological polar surface area (TPSA) is 46.1 Å². The van der Waals surface area contributed by atoms with Crippen LogP contribution in [0.15, 0.2) is 0 Å². The van der Waals surface area contributed by atoms with Crippen molar-refractivity contribution in [3.8, 4) is 0 Å². The predicted octanol–water partition coefficient (Wildman–Crippen LogP) is 1.99. The van der Waals surface area contributed by atoms with Crippen LogP contribution >= 0.6 is 12.2 Å². The molecule has 0 radical (unpaired) electrons. The van der Waals surface area contributed by atoms with Crippen molar-refractivity contribution < 1.29 is 4.74 Å². The van der Waals surface area contributed by atoms with Crippen LogP contribution in [0.25, 0.3) is 0 Å². The lowest BCUT2D eigenvalue weighted by Gasteiger charge is -2.26. The molecule has 0 aliphatic rings.